The van der Waals surface area contributed by atoms with Crippen LogP contribution in [0.5, 0.6) is 0 Å². The topological polar surface area (TPSA) is 128 Å². The molecule has 0 saturated heterocycles. The Hall–Kier alpha value is -3.46. The summed E-state index contributed by atoms with van der Waals surface area (Å²) < 4.78 is 4.75. The van der Waals surface area contributed by atoms with Crippen molar-refractivity contribution in [1.82, 2.24) is 10.9 Å². The zero-order valence-electron chi connectivity index (χ0n) is 13.8. The standard InChI is InChI=1S/C17H14ClN3O6/c18-13-7-5-11(6-8-13)17(24)20-19-15(22)10-27-16(23)9-12-3-1-2-4-14(12)21(25)26/h1-8H,9-10H2,(H,19,22)(H,20,24). The Morgan fingerprint density at radius 1 is 1.04 bits per heavy atom. The van der Waals surface area contributed by atoms with E-state index in [9.17, 15) is 24.5 Å². The van der Waals surface area contributed by atoms with E-state index in [2.05, 4.69) is 10.9 Å². The van der Waals surface area contributed by atoms with E-state index in [0.29, 0.717) is 5.02 Å². The van der Waals surface area contributed by atoms with E-state index in [1.165, 1.54) is 42.5 Å². The highest BCUT2D eigenvalue weighted by molar-refractivity contribution is 6.30. The molecule has 0 saturated carbocycles. The van der Waals surface area contributed by atoms with Gasteiger partial charge in [-0.15, -0.1) is 0 Å². The maximum atomic E-state index is 11.8. The molecular weight excluding hydrogens is 378 g/mol. The molecular formula is C17H14ClN3O6. The number of nitro groups is 1. The molecule has 0 aliphatic carbocycles. The van der Waals surface area contributed by atoms with Gasteiger partial charge in [0.05, 0.1) is 11.3 Å². The third kappa shape index (κ3) is 6.08. The average Bonchev–Trinajstić information content (AvgIpc) is 2.65. The summed E-state index contributed by atoms with van der Waals surface area (Å²) in [6, 6.07) is 11.7. The first kappa shape index (κ1) is 19.9. The summed E-state index contributed by atoms with van der Waals surface area (Å²) in [5.74, 6) is -2.16. The highest BCUT2D eigenvalue weighted by Crippen LogP contribution is 2.18. The summed E-state index contributed by atoms with van der Waals surface area (Å²) in [5, 5.41) is 11.4. The third-order valence-corrected chi connectivity index (χ3v) is 3.56. The van der Waals surface area contributed by atoms with Gasteiger partial charge in [0, 0.05) is 22.2 Å². The summed E-state index contributed by atoms with van der Waals surface area (Å²) in [6.07, 6.45) is -0.360. The molecule has 0 aromatic heterocycles. The number of esters is 1. The normalized spacial score (nSPS) is 9.96. The number of amides is 2. The Bertz CT molecular complexity index is 869. The lowest BCUT2D eigenvalue weighted by atomic mass is 10.1. The predicted molar refractivity (Wildman–Crippen MR) is 94.8 cm³/mol. The lowest BCUT2D eigenvalue weighted by Crippen LogP contribution is -2.43. The molecule has 0 aliphatic rings. The van der Waals surface area contributed by atoms with Crippen molar-refractivity contribution in [1.29, 1.82) is 0 Å². The summed E-state index contributed by atoms with van der Waals surface area (Å²) in [4.78, 5) is 45.5. The number of carbonyl (C=O) groups excluding carboxylic acids is 3. The van der Waals surface area contributed by atoms with Crippen molar-refractivity contribution < 1.29 is 24.0 Å². The molecule has 2 N–H and O–H groups in total. The van der Waals surface area contributed by atoms with Gasteiger partial charge in [-0.2, -0.15) is 0 Å². The van der Waals surface area contributed by atoms with Crippen LogP contribution in [0.4, 0.5) is 5.69 Å². The molecule has 140 valence electrons. The van der Waals surface area contributed by atoms with Crippen LogP contribution in [0.15, 0.2) is 48.5 Å². The minimum absolute atomic E-state index is 0.170. The fourth-order valence-electron chi connectivity index (χ4n) is 2.03. The molecule has 9 nitrogen and oxygen atoms in total. The number of nitro benzene ring substituents is 1. The molecule has 0 aliphatic heterocycles. The molecule has 0 bridgehead atoms. The van der Waals surface area contributed by atoms with E-state index in [1.54, 1.807) is 6.07 Å². The van der Waals surface area contributed by atoms with E-state index >= 15 is 0 Å². The van der Waals surface area contributed by atoms with Gasteiger partial charge in [0.1, 0.15) is 0 Å². The van der Waals surface area contributed by atoms with Gasteiger partial charge < -0.3 is 4.74 Å². The second kappa shape index (κ2) is 9.30. The second-order valence-electron chi connectivity index (χ2n) is 5.23. The lowest BCUT2D eigenvalue weighted by molar-refractivity contribution is -0.385. The van der Waals surface area contributed by atoms with Crippen LogP contribution < -0.4 is 10.9 Å². The number of rotatable bonds is 6. The number of hydrogen-bond acceptors (Lipinski definition) is 6. The zero-order chi connectivity index (χ0) is 19.8. The number of nitrogens with one attached hydrogen (secondary N) is 2. The van der Waals surface area contributed by atoms with Gasteiger partial charge in [0.2, 0.25) is 0 Å². The van der Waals surface area contributed by atoms with Crippen molar-refractivity contribution in [3.8, 4) is 0 Å². The molecule has 0 fully saturated rings. The quantitative estimate of drug-likeness (QED) is 0.439. The first-order valence-electron chi connectivity index (χ1n) is 7.59. The molecule has 27 heavy (non-hydrogen) atoms. The Morgan fingerprint density at radius 3 is 2.37 bits per heavy atom. The Labute approximate surface area is 158 Å². The summed E-state index contributed by atoms with van der Waals surface area (Å²) in [5.41, 5.74) is 4.47. The second-order valence-corrected chi connectivity index (χ2v) is 5.67. The summed E-state index contributed by atoms with van der Waals surface area (Å²) in [6.45, 7) is -0.652. The number of benzene rings is 2. The molecule has 2 aromatic carbocycles. The minimum atomic E-state index is -0.816. The maximum Gasteiger partial charge on any atom is 0.311 e. The number of hydrogen-bond donors (Lipinski definition) is 2. The van der Waals surface area contributed by atoms with Crippen molar-refractivity contribution in [3.05, 3.63) is 74.8 Å². The highest BCUT2D eigenvalue weighted by atomic mass is 35.5. The Morgan fingerprint density at radius 2 is 1.70 bits per heavy atom. The van der Waals surface area contributed by atoms with Gasteiger partial charge in [-0.3, -0.25) is 35.3 Å². The minimum Gasteiger partial charge on any atom is -0.455 e. The fraction of sp³-hybridized carbons (Fsp3) is 0.118. The molecule has 0 radical (unpaired) electrons. The van der Waals surface area contributed by atoms with Crippen LogP contribution >= 0.6 is 11.6 Å². The van der Waals surface area contributed by atoms with E-state index in [1.807, 2.05) is 0 Å². The Balaban J connectivity index is 1.78. The van der Waals surface area contributed by atoms with Crippen molar-refractivity contribution >= 4 is 35.1 Å². The number of hydrazine groups is 1. The maximum absolute atomic E-state index is 11.8. The van der Waals surface area contributed by atoms with E-state index in [-0.39, 0.29) is 23.2 Å². The van der Waals surface area contributed by atoms with Gasteiger partial charge in [-0.25, -0.2) is 0 Å². The third-order valence-electron chi connectivity index (χ3n) is 3.31. The molecule has 2 rings (SSSR count). The Kier molecular flexibility index (Phi) is 6.84. The zero-order valence-corrected chi connectivity index (χ0v) is 14.6. The number of halogens is 1. The van der Waals surface area contributed by atoms with Crippen LogP contribution in [0.3, 0.4) is 0 Å². The predicted octanol–water partition coefficient (Wildman–Crippen LogP) is 1.80. The van der Waals surface area contributed by atoms with E-state index < -0.39 is 29.3 Å². The van der Waals surface area contributed by atoms with Crippen molar-refractivity contribution in [2.45, 2.75) is 6.42 Å². The van der Waals surface area contributed by atoms with Crippen LogP contribution in [0, 0.1) is 10.1 Å². The van der Waals surface area contributed by atoms with Gasteiger partial charge in [-0.1, -0.05) is 29.8 Å². The first-order valence-corrected chi connectivity index (χ1v) is 7.97. The van der Waals surface area contributed by atoms with Gasteiger partial charge in [0.15, 0.2) is 6.61 Å². The van der Waals surface area contributed by atoms with E-state index in [4.69, 9.17) is 16.3 Å². The van der Waals surface area contributed by atoms with Gasteiger partial charge >= 0.3 is 5.97 Å². The summed E-state index contributed by atoms with van der Waals surface area (Å²) >= 11 is 5.71. The molecule has 2 amide bonds. The largest absolute Gasteiger partial charge is 0.455 e. The molecule has 0 unspecified atom stereocenters. The number of carbonyl (C=O) groups is 3. The lowest BCUT2D eigenvalue weighted by Gasteiger charge is -2.08. The highest BCUT2D eigenvalue weighted by Gasteiger charge is 2.17. The fourth-order valence-corrected chi connectivity index (χ4v) is 2.15. The number of ether oxygens (including phenoxy) is 1. The first-order chi connectivity index (χ1) is 12.9. The molecule has 0 spiro atoms. The van der Waals surface area contributed by atoms with Crippen LogP contribution in [0.25, 0.3) is 0 Å². The average molecular weight is 392 g/mol. The SMILES string of the molecule is O=C(COC(=O)Cc1ccccc1[N+](=O)[O-])NNC(=O)c1ccc(Cl)cc1. The molecule has 10 heteroatoms. The van der Waals surface area contributed by atoms with Crippen molar-refractivity contribution in [2.24, 2.45) is 0 Å². The molecule has 0 atom stereocenters. The van der Waals surface area contributed by atoms with Crippen molar-refractivity contribution in [2.75, 3.05) is 6.61 Å². The van der Waals surface area contributed by atoms with Crippen LogP contribution in [-0.4, -0.2) is 29.3 Å². The van der Waals surface area contributed by atoms with Crippen LogP contribution in [0.1, 0.15) is 15.9 Å². The number of para-hydroxylation sites is 1. The smallest absolute Gasteiger partial charge is 0.311 e. The number of nitrogens with zero attached hydrogens (tertiary/aromatic N) is 1. The van der Waals surface area contributed by atoms with Crippen molar-refractivity contribution in [3.63, 3.8) is 0 Å². The van der Waals surface area contributed by atoms with Gasteiger partial charge in [0.25, 0.3) is 17.5 Å². The molecule has 2 aromatic rings. The van der Waals surface area contributed by atoms with E-state index in [0.717, 1.165) is 0 Å². The van der Waals surface area contributed by atoms with Crippen LogP contribution in [-0.2, 0) is 20.7 Å². The monoisotopic (exact) mass is 391 g/mol. The van der Waals surface area contributed by atoms with Crippen LogP contribution in [0.2, 0.25) is 5.02 Å². The molecule has 0 heterocycles. The van der Waals surface area contributed by atoms with Gasteiger partial charge in [-0.05, 0) is 24.3 Å². The summed E-state index contributed by atoms with van der Waals surface area (Å²) in [7, 11) is 0.